The number of hydrogen-bond donors (Lipinski definition) is 0. The van der Waals surface area contributed by atoms with Gasteiger partial charge in [0.25, 0.3) is 0 Å². The van der Waals surface area contributed by atoms with Crippen molar-refractivity contribution < 1.29 is 9.47 Å². The maximum Gasteiger partial charge on any atom is 0.191 e. The van der Waals surface area contributed by atoms with E-state index in [2.05, 4.69) is 20.1 Å². The molecule has 0 saturated carbocycles. The fourth-order valence-electron chi connectivity index (χ4n) is 3.18. The summed E-state index contributed by atoms with van der Waals surface area (Å²) in [5.74, 6) is 2.31. The van der Waals surface area contributed by atoms with Gasteiger partial charge in [0.15, 0.2) is 11.0 Å². The fourth-order valence-corrected chi connectivity index (χ4v) is 5.19. The van der Waals surface area contributed by atoms with Gasteiger partial charge < -0.3 is 14.0 Å². The summed E-state index contributed by atoms with van der Waals surface area (Å²) in [4.78, 5) is 4.79. The first-order valence-corrected chi connectivity index (χ1v) is 12.3. The van der Waals surface area contributed by atoms with Crippen molar-refractivity contribution in [2.45, 2.75) is 23.9 Å². The predicted molar refractivity (Wildman–Crippen MR) is 131 cm³/mol. The standard InChI is InChI=1S/C23H23ClN4O2S2/c1-29-13-5-12-28-21(19-6-3-4-7-20(19)24)26-27-23(28)32-15-17-14-31-22(25-17)16-8-10-18(30-2)11-9-16/h3-4,6-11,14H,5,12-13,15H2,1-2H3. The minimum absolute atomic E-state index is 0.660. The molecule has 0 aliphatic heterocycles. The van der Waals surface area contributed by atoms with Crippen LogP contribution in [0.2, 0.25) is 5.02 Å². The molecular weight excluding hydrogens is 464 g/mol. The van der Waals surface area contributed by atoms with Gasteiger partial charge >= 0.3 is 0 Å². The third kappa shape index (κ3) is 5.32. The number of hydrogen-bond acceptors (Lipinski definition) is 7. The number of benzene rings is 2. The van der Waals surface area contributed by atoms with E-state index in [1.165, 1.54) is 0 Å². The zero-order chi connectivity index (χ0) is 22.3. The Labute approximate surface area is 200 Å². The Morgan fingerprint density at radius 2 is 1.88 bits per heavy atom. The first-order chi connectivity index (χ1) is 15.7. The highest BCUT2D eigenvalue weighted by Gasteiger charge is 2.17. The highest BCUT2D eigenvalue weighted by Crippen LogP contribution is 2.32. The lowest BCUT2D eigenvalue weighted by atomic mass is 10.2. The molecule has 0 atom stereocenters. The number of ether oxygens (including phenoxy) is 2. The lowest BCUT2D eigenvalue weighted by Gasteiger charge is -2.10. The van der Waals surface area contributed by atoms with E-state index < -0.39 is 0 Å². The van der Waals surface area contributed by atoms with E-state index in [-0.39, 0.29) is 0 Å². The van der Waals surface area contributed by atoms with E-state index in [0.717, 1.165) is 51.5 Å². The SMILES string of the molecule is COCCCn1c(SCc2csc(-c3ccc(OC)cc3)n2)nnc1-c1ccccc1Cl. The van der Waals surface area contributed by atoms with Crippen molar-refractivity contribution in [2.24, 2.45) is 0 Å². The number of thioether (sulfide) groups is 1. The van der Waals surface area contributed by atoms with E-state index in [1.807, 2.05) is 48.5 Å². The summed E-state index contributed by atoms with van der Waals surface area (Å²) in [5, 5.41) is 13.5. The summed E-state index contributed by atoms with van der Waals surface area (Å²) in [5.41, 5.74) is 2.97. The molecule has 166 valence electrons. The van der Waals surface area contributed by atoms with Crippen LogP contribution in [0.4, 0.5) is 0 Å². The van der Waals surface area contributed by atoms with Crippen molar-refractivity contribution in [3.63, 3.8) is 0 Å². The van der Waals surface area contributed by atoms with Crippen molar-refractivity contribution in [3.05, 3.63) is 64.6 Å². The molecule has 4 rings (SSSR count). The number of rotatable bonds is 10. The Morgan fingerprint density at radius 1 is 1.06 bits per heavy atom. The van der Waals surface area contributed by atoms with Crippen LogP contribution < -0.4 is 4.74 Å². The minimum Gasteiger partial charge on any atom is -0.497 e. The van der Waals surface area contributed by atoms with Crippen molar-refractivity contribution in [2.75, 3.05) is 20.8 Å². The van der Waals surface area contributed by atoms with Crippen molar-refractivity contribution in [1.29, 1.82) is 0 Å². The third-order valence-corrected chi connectivity index (χ3v) is 7.07. The molecule has 0 spiro atoms. The maximum absolute atomic E-state index is 6.43. The van der Waals surface area contributed by atoms with E-state index in [4.69, 9.17) is 26.1 Å². The molecule has 0 aliphatic rings. The van der Waals surface area contributed by atoms with E-state index in [0.29, 0.717) is 17.4 Å². The molecule has 0 unspecified atom stereocenters. The van der Waals surface area contributed by atoms with Gasteiger partial charge in [-0.1, -0.05) is 35.5 Å². The van der Waals surface area contributed by atoms with Crippen LogP contribution in [-0.2, 0) is 17.0 Å². The van der Waals surface area contributed by atoms with Gasteiger partial charge in [-0.3, -0.25) is 0 Å². The Hall–Kier alpha value is -2.39. The van der Waals surface area contributed by atoms with Gasteiger partial charge in [-0.2, -0.15) is 0 Å². The minimum atomic E-state index is 0.660. The van der Waals surface area contributed by atoms with Gasteiger partial charge in [-0.25, -0.2) is 4.98 Å². The third-order valence-electron chi connectivity index (χ3n) is 4.80. The molecule has 0 radical (unpaired) electrons. The average molecular weight is 487 g/mol. The molecule has 2 heterocycles. The summed E-state index contributed by atoms with van der Waals surface area (Å²) >= 11 is 9.68. The van der Waals surface area contributed by atoms with Gasteiger partial charge in [0.05, 0.1) is 17.8 Å². The second kappa shape index (κ2) is 11.0. The molecule has 0 fully saturated rings. The van der Waals surface area contributed by atoms with Gasteiger partial charge in [-0.05, 0) is 42.8 Å². The molecule has 32 heavy (non-hydrogen) atoms. The van der Waals surface area contributed by atoms with E-state index in [1.54, 1.807) is 37.3 Å². The lowest BCUT2D eigenvalue weighted by Crippen LogP contribution is -2.05. The number of thiazole rings is 1. The number of nitrogens with zero attached hydrogens (tertiary/aromatic N) is 4. The van der Waals surface area contributed by atoms with Crippen LogP contribution in [0.1, 0.15) is 12.1 Å². The Kier molecular flexibility index (Phi) is 7.81. The van der Waals surface area contributed by atoms with Crippen molar-refractivity contribution >= 4 is 34.7 Å². The van der Waals surface area contributed by atoms with Gasteiger partial charge in [0.1, 0.15) is 10.8 Å². The molecule has 2 aromatic heterocycles. The zero-order valence-corrected chi connectivity index (χ0v) is 20.2. The first-order valence-electron chi connectivity index (χ1n) is 10.1. The zero-order valence-electron chi connectivity index (χ0n) is 17.8. The smallest absolute Gasteiger partial charge is 0.191 e. The monoisotopic (exact) mass is 486 g/mol. The average Bonchev–Trinajstić information content (AvgIpc) is 3.45. The Bertz CT molecular complexity index is 1160. The normalized spacial score (nSPS) is 11.1. The topological polar surface area (TPSA) is 62.1 Å². The molecule has 0 N–H and O–H groups in total. The van der Waals surface area contributed by atoms with Gasteiger partial charge in [0, 0.05) is 42.5 Å². The van der Waals surface area contributed by atoms with Gasteiger partial charge in [-0.15, -0.1) is 21.5 Å². The van der Waals surface area contributed by atoms with Crippen LogP contribution in [0.5, 0.6) is 5.75 Å². The Balaban J connectivity index is 1.51. The molecule has 2 aromatic carbocycles. The number of halogens is 1. The molecular formula is C23H23ClN4O2S2. The van der Waals surface area contributed by atoms with Crippen LogP contribution in [0.25, 0.3) is 22.0 Å². The summed E-state index contributed by atoms with van der Waals surface area (Å²) in [6.45, 7) is 1.42. The van der Waals surface area contributed by atoms with E-state index >= 15 is 0 Å². The highest BCUT2D eigenvalue weighted by atomic mass is 35.5. The highest BCUT2D eigenvalue weighted by molar-refractivity contribution is 7.98. The van der Waals surface area contributed by atoms with Crippen LogP contribution in [0.15, 0.2) is 59.1 Å². The summed E-state index contributed by atoms with van der Waals surface area (Å²) < 4.78 is 12.6. The molecule has 0 bridgehead atoms. The molecule has 0 aliphatic carbocycles. The van der Waals surface area contributed by atoms with Crippen LogP contribution in [0, 0.1) is 0 Å². The predicted octanol–water partition coefficient (Wildman–Crippen LogP) is 6.06. The number of aromatic nitrogens is 4. The molecule has 9 heteroatoms. The molecule has 0 amide bonds. The van der Waals surface area contributed by atoms with Crippen LogP contribution >= 0.6 is 34.7 Å². The maximum atomic E-state index is 6.43. The summed E-state index contributed by atoms with van der Waals surface area (Å²) in [6.07, 6.45) is 0.859. The summed E-state index contributed by atoms with van der Waals surface area (Å²) in [6, 6.07) is 15.7. The molecule has 0 saturated heterocycles. The summed E-state index contributed by atoms with van der Waals surface area (Å²) in [7, 11) is 3.37. The van der Waals surface area contributed by atoms with Crippen LogP contribution in [-0.4, -0.2) is 40.6 Å². The van der Waals surface area contributed by atoms with Crippen LogP contribution in [0.3, 0.4) is 0 Å². The lowest BCUT2D eigenvalue weighted by molar-refractivity contribution is 0.189. The second-order valence-corrected chi connectivity index (χ2v) is 9.15. The molecule has 4 aromatic rings. The number of methoxy groups -OCH3 is 2. The first kappa shape index (κ1) is 22.8. The fraction of sp³-hybridized carbons (Fsp3) is 0.261. The van der Waals surface area contributed by atoms with E-state index in [9.17, 15) is 0 Å². The Morgan fingerprint density at radius 3 is 2.62 bits per heavy atom. The molecule has 6 nitrogen and oxygen atoms in total. The second-order valence-electron chi connectivity index (χ2n) is 6.95. The quantitative estimate of drug-likeness (QED) is 0.200. The van der Waals surface area contributed by atoms with Crippen molar-refractivity contribution in [1.82, 2.24) is 19.7 Å². The van der Waals surface area contributed by atoms with Gasteiger partial charge in [0.2, 0.25) is 0 Å². The van der Waals surface area contributed by atoms with Crippen molar-refractivity contribution in [3.8, 4) is 27.7 Å². The largest absolute Gasteiger partial charge is 0.497 e.